The van der Waals surface area contributed by atoms with E-state index >= 15 is 0 Å². The number of ether oxygens (including phenoxy) is 2. The monoisotopic (exact) mass is 314 g/mol. The van der Waals surface area contributed by atoms with Gasteiger partial charge in [0.2, 0.25) is 5.88 Å². The molecule has 0 bridgehead atoms. The fourth-order valence-corrected chi connectivity index (χ4v) is 2.73. The second-order valence-corrected chi connectivity index (χ2v) is 5.25. The first kappa shape index (κ1) is 15.1. The highest BCUT2D eigenvalue weighted by Gasteiger charge is 2.22. The van der Waals surface area contributed by atoms with Crippen LogP contribution < -0.4 is 9.47 Å². The maximum absolute atomic E-state index is 11.4. The zero-order chi connectivity index (χ0) is 16.2. The molecule has 0 radical (unpaired) electrons. The number of rotatable bonds is 2. The number of aromatic nitrogens is 1. The normalized spacial score (nSPS) is 14.2. The summed E-state index contributed by atoms with van der Waals surface area (Å²) in [6.07, 6.45) is 1.38. The van der Waals surface area contributed by atoms with Gasteiger partial charge in [0.25, 0.3) is 0 Å². The number of hydrogen-bond donors (Lipinski definition) is 1. The fourth-order valence-electron chi connectivity index (χ4n) is 2.73. The maximum Gasteiger partial charge on any atom is 0.407 e. The Hall–Kier alpha value is -2.76. The molecule has 120 valence electrons. The van der Waals surface area contributed by atoms with Crippen molar-refractivity contribution in [2.45, 2.75) is 13.0 Å². The summed E-state index contributed by atoms with van der Waals surface area (Å²) in [7, 11) is 1.61. The van der Waals surface area contributed by atoms with E-state index in [0.717, 1.165) is 22.4 Å². The van der Waals surface area contributed by atoms with E-state index in [4.69, 9.17) is 9.47 Å². The van der Waals surface area contributed by atoms with Crippen LogP contribution in [0.1, 0.15) is 12.0 Å². The summed E-state index contributed by atoms with van der Waals surface area (Å²) in [5, 5.41) is 9.38. The molecule has 0 spiro atoms. The Bertz CT molecular complexity index is 717. The van der Waals surface area contributed by atoms with Crippen molar-refractivity contribution in [3.8, 4) is 22.8 Å². The Labute approximate surface area is 134 Å². The van der Waals surface area contributed by atoms with E-state index in [-0.39, 0.29) is 6.54 Å². The summed E-state index contributed by atoms with van der Waals surface area (Å²) in [6, 6.07) is 9.50. The van der Waals surface area contributed by atoms with Crippen LogP contribution in [0.15, 0.2) is 36.5 Å². The van der Waals surface area contributed by atoms with Gasteiger partial charge in [0.1, 0.15) is 5.75 Å². The van der Waals surface area contributed by atoms with Gasteiger partial charge >= 0.3 is 6.09 Å². The molecule has 2 heterocycles. The number of methoxy groups -OCH3 is 1. The maximum atomic E-state index is 11.4. The van der Waals surface area contributed by atoms with Crippen molar-refractivity contribution >= 4 is 6.09 Å². The quantitative estimate of drug-likeness (QED) is 0.922. The Balaban J connectivity index is 2.12. The average Bonchev–Trinajstić information content (AvgIpc) is 2.54. The van der Waals surface area contributed by atoms with Crippen LogP contribution in [0.5, 0.6) is 11.6 Å². The van der Waals surface area contributed by atoms with Gasteiger partial charge in [-0.3, -0.25) is 0 Å². The molecule has 0 atom stereocenters. The molecular formula is C17H18N2O4. The number of fused-ring (bicyclic) bond motifs is 1. The van der Waals surface area contributed by atoms with E-state index < -0.39 is 6.09 Å². The summed E-state index contributed by atoms with van der Waals surface area (Å²) in [5.41, 5.74) is 2.53. The molecule has 1 aromatic heterocycles. The van der Waals surface area contributed by atoms with E-state index in [1.807, 2.05) is 30.3 Å². The molecule has 6 heteroatoms. The molecule has 23 heavy (non-hydrogen) atoms. The summed E-state index contributed by atoms with van der Waals surface area (Å²) >= 11 is 0. The molecule has 1 aromatic carbocycles. The Kier molecular flexibility index (Phi) is 4.32. The van der Waals surface area contributed by atoms with Crippen molar-refractivity contribution in [1.29, 1.82) is 0 Å². The molecular weight excluding hydrogens is 296 g/mol. The van der Waals surface area contributed by atoms with Crippen molar-refractivity contribution in [2.24, 2.45) is 0 Å². The number of para-hydroxylation sites is 1. The lowest BCUT2D eigenvalue weighted by Gasteiger charge is -2.25. The largest absolute Gasteiger partial charge is 0.496 e. The highest BCUT2D eigenvalue weighted by molar-refractivity contribution is 5.75. The predicted octanol–water partition coefficient (Wildman–Crippen LogP) is 3.02. The van der Waals surface area contributed by atoms with Crippen LogP contribution in [0.25, 0.3) is 11.1 Å². The summed E-state index contributed by atoms with van der Waals surface area (Å²) < 4.78 is 11.2. The lowest BCUT2D eigenvalue weighted by atomic mass is 9.99. The van der Waals surface area contributed by atoms with Crippen molar-refractivity contribution in [2.75, 3.05) is 20.3 Å². The van der Waals surface area contributed by atoms with E-state index in [9.17, 15) is 9.90 Å². The van der Waals surface area contributed by atoms with Gasteiger partial charge in [0.05, 0.1) is 20.3 Å². The second-order valence-electron chi connectivity index (χ2n) is 5.25. The van der Waals surface area contributed by atoms with Crippen LogP contribution in [0.2, 0.25) is 0 Å². The van der Waals surface area contributed by atoms with Gasteiger partial charge in [0, 0.05) is 23.9 Å². The first-order valence-electron chi connectivity index (χ1n) is 7.42. The number of nitrogens with zero attached hydrogens (tertiary/aromatic N) is 2. The highest BCUT2D eigenvalue weighted by atomic mass is 16.5. The van der Waals surface area contributed by atoms with E-state index in [1.54, 1.807) is 13.3 Å². The third kappa shape index (κ3) is 3.06. The highest BCUT2D eigenvalue weighted by Crippen LogP contribution is 2.36. The number of carbonyl (C=O) groups is 1. The van der Waals surface area contributed by atoms with Crippen LogP contribution in [0, 0.1) is 0 Å². The molecule has 0 saturated carbocycles. The number of amides is 1. The molecule has 3 rings (SSSR count). The SMILES string of the molecule is COc1ccccc1-c1ccnc2c1CN(C(=O)O)CCCO2. The number of pyridine rings is 1. The van der Waals surface area contributed by atoms with Gasteiger partial charge in [0.15, 0.2) is 0 Å². The number of carboxylic acid groups (broad SMARTS) is 1. The van der Waals surface area contributed by atoms with Gasteiger partial charge < -0.3 is 19.5 Å². The number of benzene rings is 1. The van der Waals surface area contributed by atoms with Crippen LogP contribution in [-0.2, 0) is 6.54 Å². The summed E-state index contributed by atoms with van der Waals surface area (Å²) in [5.74, 6) is 1.21. The standard InChI is InChI=1S/C17H18N2O4/c1-22-15-6-3-2-5-13(15)12-7-8-18-16-14(12)11-19(17(20)21)9-4-10-23-16/h2-3,5-8H,4,9-11H2,1H3,(H,20,21). The third-order valence-corrected chi connectivity index (χ3v) is 3.84. The lowest BCUT2D eigenvalue weighted by molar-refractivity contribution is 0.133. The molecule has 0 fully saturated rings. The minimum Gasteiger partial charge on any atom is -0.496 e. The number of hydrogen-bond acceptors (Lipinski definition) is 4. The van der Waals surface area contributed by atoms with E-state index in [2.05, 4.69) is 4.98 Å². The molecule has 2 aromatic rings. The first-order valence-corrected chi connectivity index (χ1v) is 7.42. The Morgan fingerprint density at radius 3 is 2.91 bits per heavy atom. The minimum atomic E-state index is -0.937. The van der Waals surface area contributed by atoms with Crippen LogP contribution >= 0.6 is 0 Å². The molecule has 1 aliphatic rings. The van der Waals surface area contributed by atoms with E-state index in [0.29, 0.717) is 25.5 Å². The van der Waals surface area contributed by atoms with Gasteiger partial charge in [-0.15, -0.1) is 0 Å². The Morgan fingerprint density at radius 1 is 1.30 bits per heavy atom. The molecule has 0 unspecified atom stereocenters. The molecule has 0 aliphatic carbocycles. The summed E-state index contributed by atoms with van der Waals surface area (Å²) in [4.78, 5) is 17.1. The average molecular weight is 314 g/mol. The second kappa shape index (κ2) is 6.56. The van der Waals surface area contributed by atoms with Gasteiger partial charge in [-0.1, -0.05) is 18.2 Å². The Morgan fingerprint density at radius 2 is 2.13 bits per heavy atom. The zero-order valence-electron chi connectivity index (χ0n) is 12.9. The van der Waals surface area contributed by atoms with Crippen molar-refractivity contribution in [3.05, 3.63) is 42.1 Å². The topological polar surface area (TPSA) is 71.9 Å². The van der Waals surface area contributed by atoms with E-state index in [1.165, 1.54) is 4.90 Å². The fraction of sp³-hybridized carbons (Fsp3) is 0.294. The predicted molar refractivity (Wildman–Crippen MR) is 84.8 cm³/mol. The minimum absolute atomic E-state index is 0.242. The van der Waals surface area contributed by atoms with Gasteiger partial charge in [-0.25, -0.2) is 9.78 Å². The zero-order valence-corrected chi connectivity index (χ0v) is 12.9. The molecule has 1 N–H and O–H groups in total. The van der Waals surface area contributed by atoms with Crippen LogP contribution in [-0.4, -0.2) is 41.3 Å². The van der Waals surface area contributed by atoms with Crippen molar-refractivity contribution in [3.63, 3.8) is 0 Å². The third-order valence-electron chi connectivity index (χ3n) is 3.84. The summed E-state index contributed by atoms with van der Waals surface area (Å²) in [6.45, 7) is 1.13. The van der Waals surface area contributed by atoms with Crippen molar-refractivity contribution in [1.82, 2.24) is 9.88 Å². The van der Waals surface area contributed by atoms with Gasteiger partial charge in [-0.2, -0.15) is 0 Å². The molecule has 6 nitrogen and oxygen atoms in total. The van der Waals surface area contributed by atoms with Crippen LogP contribution in [0.4, 0.5) is 4.79 Å². The van der Waals surface area contributed by atoms with Crippen LogP contribution in [0.3, 0.4) is 0 Å². The smallest absolute Gasteiger partial charge is 0.407 e. The molecule has 1 aliphatic heterocycles. The van der Waals surface area contributed by atoms with Crippen molar-refractivity contribution < 1.29 is 19.4 Å². The van der Waals surface area contributed by atoms with Gasteiger partial charge in [-0.05, 0) is 24.1 Å². The molecule has 1 amide bonds. The first-order chi connectivity index (χ1) is 11.2. The lowest BCUT2D eigenvalue weighted by Crippen LogP contribution is -2.32. The molecule has 0 saturated heterocycles.